The van der Waals surface area contributed by atoms with Gasteiger partial charge in [-0.05, 0) is 43.7 Å². The van der Waals surface area contributed by atoms with Crippen LogP contribution in [0.1, 0.15) is 30.1 Å². The Morgan fingerprint density at radius 1 is 1.15 bits per heavy atom. The maximum absolute atomic E-state index is 12.6. The van der Waals surface area contributed by atoms with Crippen molar-refractivity contribution in [3.05, 3.63) is 70.9 Å². The predicted molar refractivity (Wildman–Crippen MR) is 126 cm³/mol. The quantitative estimate of drug-likeness (QED) is 0.289. The highest BCUT2D eigenvalue weighted by molar-refractivity contribution is 5.95. The maximum Gasteiger partial charge on any atom is 0.261 e. The van der Waals surface area contributed by atoms with Crippen LogP contribution in [0.5, 0.6) is 11.5 Å². The number of hydrogen-bond donors (Lipinski definition) is 2. The molecule has 174 valence electrons. The Bertz CT molecular complexity index is 1410. The number of para-hydroxylation sites is 2. The number of carbonyl (C=O) groups excluding carboxylic acids is 2. The zero-order valence-corrected chi connectivity index (χ0v) is 18.7. The lowest BCUT2D eigenvalue weighted by molar-refractivity contribution is -0.116. The summed E-state index contributed by atoms with van der Waals surface area (Å²) in [5, 5.41) is 7.51. The number of ketones is 1. The Hall–Kier alpha value is -4.47. The van der Waals surface area contributed by atoms with E-state index < -0.39 is 0 Å². The van der Waals surface area contributed by atoms with Crippen LogP contribution in [0.2, 0.25) is 0 Å². The fourth-order valence-electron chi connectivity index (χ4n) is 3.43. The Kier molecular flexibility index (Phi) is 6.67. The summed E-state index contributed by atoms with van der Waals surface area (Å²) in [4.78, 5) is 42.8. The summed E-state index contributed by atoms with van der Waals surface area (Å²) < 4.78 is 12.5. The molecule has 10 nitrogen and oxygen atoms in total. The summed E-state index contributed by atoms with van der Waals surface area (Å²) in [5.74, 6) is 0.709. The Morgan fingerprint density at radius 2 is 1.97 bits per heavy atom. The number of H-pyrrole nitrogens is 1. The fourth-order valence-corrected chi connectivity index (χ4v) is 3.43. The molecule has 0 atom stereocenters. The molecule has 2 aromatic carbocycles. The molecular weight excluding hydrogens is 438 g/mol. The molecule has 4 rings (SSSR count). The van der Waals surface area contributed by atoms with Crippen molar-refractivity contribution in [2.45, 2.75) is 19.8 Å². The molecule has 0 aliphatic heterocycles. The fraction of sp³-hybridized carbons (Fsp3) is 0.208. The summed E-state index contributed by atoms with van der Waals surface area (Å²) in [7, 11) is 1.51. The van der Waals surface area contributed by atoms with Gasteiger partial charge in [0.05, 0.1) is 37.6 Å². The van der Waals surface area contributed by atoms with E-state index in [-0.39, 0.29) is 23.7 Å². The van der Waals surface area contributed by atoms with Crippen LogP contribution in [0.4, 0.5) is 5.69 Å². The van der Waals surface area contributed by atoms with E-state index in [2.05, 4.69) is 20.4 Å². The van der Waals surface area contributed by atoms with Crippen LogP contribution in [0.15, 0.2) is 59.8 Å². The first-order valence-corrected chi connectivity index (χ1v) is 10.6. The number of aromatic amines is 1. The molecule has 34 heavy (non-hydrogen) atoms. The maximum atomic E-state index is 12.6. The second kappa shape index (κ2) is 9.99. The van der Waals surface area contributed by atoms with Gasteiger partial charge in [0.15, 0.2) is 22.9 Å². The molecule has 0 aliphatic carbocycles. The lowest BCUT2D eigenvalue weighted by atomic mass is 10.1. The normalized spacial score (nSPS) is 10.8. The lowest BCUT2D eigenvalue weighted by Crippen LogP contribution is -2.15. The molecule has 0 saturated heterocycles. The summed E-state index contributed by atoms with van der Waals surface area (Å²) >= 11 is 0. The van der Waals surface area contributed by atoms with Gasteiger partial charge in [-0.2, -0.15) is 5.10 Å². The van der Waals surface area contributed by atoms with E-state index in [9.17, 15) is 14.4 Å². The molecular formula is C24H23N5O5. The van der Waals surface area contributed by atoms with Crippen LogP contribution in [-0.2, 0) is 4.79 Å². The highest BCUT2D eigenvalue weighted by Crippen LogP contribution is 2.28. The van der Waals surface area contributed by atoms with Crippen molar-refractivity contribution in [1.29, 1.82) is 0 Å². The number of nitrogens with one attached hydrogen (secondary N) is 2. The van der Waals surface area contributed by atoms with E-state index in [1.807, 2.05) is 6.07 Å². The average Bonchev–Trinajstić information content (AvgIpc) is 3.27. The van der Waals surface area contributed by atoms with Gasteiger partial charge >= 0.3 is 0 Å². The number of carbonyl (C=O) groups is 2. The number of anilines is 1. The molecule has 2 heterocycles. The Balaban J connectivity index is 1.39. The number of aromatic nitrogens is 4. The van der Waals surface area contributed by atoms with Gasteiger partial charge in [-0.15, -0.1) is 0 Å². The SMILES string of the molecule is COc1cc(C(C)=O)ccc1OCCCC(=O)Nc1ccccc1-n1ncc2c(=O)[nH]cnc21. The summed E-state index contributed by atoms with van der Waals surface area (Å²) in [6.45, 7) is 1.78. The molecule has 0 bridgehead atoms. The molecule has 10 heteroatoms. The van der Waals surface area contributed by atoms with Crippen LogP contribution < -0.4 is 20.3 Å². The number of Topliss-reactive ketones (excluding diaryl/α,β-unsaturated/α-hetero) is 1. The van der Waals surface area contributed by atoms with E-state index >= 15 is 0 Å². The molecule has 0 spiro atoms. The molecule has 0 unspecified atom stereocenters. The molecule has 0 fully saturated rings. The van der Waals surface area contributed by atoms with E-state index in [0.29, 0.717) is 52.5 Å². The van der Waals surface area contributed by atoms with Gasteiger partial charge in [-0.1, -0.05) is 12.1 Å². The summed E-state index contributed by atoms with van der Waals surface area (Å²) in [6, 6.07) is 12.1. The topological polar surface area (TPSA) is 128 Å². The van der Waals surface area contributed by atoms with Crippen molar-refractivity contribution in [2.24, 2.45) is 0 Å². The van der Waals surface area contributed by atoms with Crippen LogP contribution >= 0.6 is 0 Å². The van der Waals surface area contributed by atoms with Gasteiger partial charge in [-0.25, -0.2) is 9.67 Å². The van der Waals surface area contributed by atoms with Crippen LogP contribution in [0, 0.1) is 0 Å². The van der Waals surface area contributed by atoms with Gasteiger partial charge < -0.3 is 19.8 Å². The third kappa shape index (κ3) is 4.80. The van der Waals surface area contributed by atoms with E-state index in [1.54, 1.807) is 36.4 Å². The van der Waals surface area contributed by atoms with Gasteiger partial charge in [0, 0.05) is 12.0 Å². The number of rotatable bonds is 9. The van der Waals surface area contributed by atoms with Crippen molar-refractivity contribution in [1.82, 2.24) is 19.7 Å². The number of benzene rings is 2. The standard InChI is InChI=1S/C24H23N5O5/c1-15(30)16-9-10-20(21(12-16)33-2)34-11-5-8-22(31)28-18-6-3-4-7-19(18)29-23-17(13-27-29)24(32)26-14-25-23/h3-4,6-7,9-10,12-14H,5,8,11H2,1-2H3,(H,28,31)(H,25,26,32). The second-order valence-corrected chi connectivity index (χ2v) is 7.46. The molecule has 1 amide bonds. The molecule has 2 aromatic heterocycles. The summed E-state index contributed by atoms with van der Waals surface area (Å²) in [5.41, 5.74) is 1.78. The lowest BCUT2D eigenvalue weighted by Gasteiger charge is -2.13. The zero-order chi connectivity index (χ0) is 24.1. The summed E-state index contributed by atoms with van der Waals surface area (Å²) in [6.07, 6.45) is 3.44. The highest BCUT2D eigenvalue weighted by atomic mass is 16.5. The number of hydrogen-bond acceptors (Lipinski definition) is 7. The second-order valence-electron chi connectivity index (χ2n) is 7.46. The first kappa shape index (κ1) is 22.7. The van der Waals surface area contributed by atoms with Crippen LogP contribution in [0.3, 0.4) is 0 Å². The Labute approximate surface area is 194 Å². The van der Waals surface area contributed by atoms with Gasteiger partial charge in [0.1, 0.15) is 5.39 Å². The third-order valence-electron chi connectivity index (χ3n) is 5.15. The van der Waals surface area contributed by atoms with E-state index in [0.717, 1.165) is 0 Å². The molecule has 2 N–H and O–H groups in total. The van der Waals surface area contributed by atoms with Crippen LogP contribution in [0.25, 0.3) is 16.7 Å². The molecule has 0 saturated carbocycles. The Morgan fingerprint density at radius 3 is 2.76 bits per heavy atom. The number of amides is 1. The minimum atomic E-state index is -0.287. The van der Waals surface area contributed by atoms with Crippen molar-refractivity contribution in [2.75, 3.05) is 19.0 Å². The number of ether oxygens (including phenoxy) is 2. The van der Waals surface area contributed by atoms with E-state index in [1.165, 1.54) is 31.2 Å². The minimum absolute atomic E-state index is 0.0625. The van der Waals surface area contributed by atoms with Crippen molar-refractivity contribution < 1.29 is 19.1 Å². The van der Waals surface area contributed by atoms with Crippen molar-refractivity contribution >= 4 is 28.4 Å². The minimum Gasteiger partial charge on any atom is -0.493 e. The predicted octanol–water partition coefficient (Wildman–Crippen LogP) is 3.12. The average molecular weight is 461 g/mol. The number of methoxy groups -OCH3 is 1. The highest BCUT2D eigenvalue weighted by Gasteiger charge is 2.14. The number of nitrogens with zero attached hydrogens (tertiary/aromatic N) is 3. The molecule has 0 radical (unpaired) electrons. The van der Waals surface area contributed by atoms with Gasteiger partial charge in [0.25, 0.3) is 5.56 Å². The zero-order valence-electron chi connectivity index (χ0n) is 18.7. The largest absolute Gasteiger partial charge is 0.493 e. The van der Waals surface area contributed by atoms with Gasteiger partial charge in [-0.3, -0.25) is 14.4 Å². The van der Waals surface area contributed by atoms with E-state index in [4.69, 9.17) is 9.47 Å². The molecule has 4 aromatic rings. The van der Waals surface area contributed by atoms with Gasteiger partial charge in [0.2, 0.25) is 5.91 Å². The third-order valence-corrected chi connectivity index (χ3v) is 5.15. The van der Waals surface area contributed by atoms with Crippen molar-refractivity contribution in [3.8, 4) is 17.2 Å². The monoisotopic (exact) mass is 461 g/mol. The van der Waals surface area contributed by atoms with Crippen LogP contribution in [-0.4, -0.2) is 45.2 Å². The smallest absolute Gasteiger partial charge is 0.261 e. The number of fused-ring (bicyclic) bond motifs is 1. The molecule has 0 aliphatic rings. The first-order valence-electron chi connectivity index (χ1n) is 10.6. The first-order chi connectivity index (χ1) is 16.5. The van der Waals surface area contributed by atoms with Crippen molar-refractivity contribution in [3.63, 3.8) is 0 Å².